The molecule has 8 heteroatoms. The Morgan fingerprint density at radius 1 is 1.27 bits per heavy atom. The molecule has 0 unspecified atom stereocenters. The van der Waals surface area contributed by atoms with Crippen molar-refractivity contribution in [2.45, 2.75) is 71.5 Å². The zero-order chi connectivity index (χ0) is 21.8. The number of carbonyl (C=O) groups is 2. The van der Waals surface area contributed by atoms with Crippen molar-refractivity contribution in [3.05, 3.63) is 51.2 Å². The SMILES string of the molecule is Cc1nn(C)c(C)c1C[C@@H](C)NC(=O)Cn1cccc(C(=O)NC2CCCC2)c1=O. The van der Waals surface area contributed by atoms with Crippen LogP contribution in [0.5, 0.6) is 0 Å². The smallest absolute Gasteiger partial charge is 0.263 e. The third-order valence-corrected chi connectivity index (χ3v) is 5.85. The van der Waals surface area contributed by atoms with Gasteiger partial charge in [-0.25, -0.2) is 0 Å². The van der Waals surface area contributed by atoms with Gasteiger partial charge in [-0.2, -0.15) is 5.10 Å². The standard InChI is InChI=1S/C22H31N5O3/c1-14(12-19-15(2)25-26(4)16(19)3)23-20(28)13-27-11-7-10-18(22(27)30)21(29)24-17-8-5-6-9-17/h7,10-11,14,17H,5-6,8-9,12-13H2,1-4H3,(H,23,28)(H,24,29)/t14-/m1/s1. The Kier molecular flexibility index (Phi) is 6.74. The largest absolute Gasteiger partial charge is 0.352 e. The van der Waals surface area contributed by atoms with E-state index in [1.165, 1.54) is 16.8 Å². The van der Waals surface area contributed by atoms with Crippen molar-refractivity contribution >= 4 is 11.8 Å². The molecule has 0 bridgehead atoms. The summed E-state index contributed by atoms with van der Waals surface area (Å²) in [5, 5.41) is 10.3. The second kappa shape index (κ2) is 9.28. The van der Waals surface area contributed by atoms with E-state index in [4.69, 9.17) is 0 Å². The predicted molar refractivity (Wildman–Crippen MR) is 114 cm³/mol. The lowest BCUT2D eigenvalue weighted by Gasteiger charge is -2.16. The van der Waals surface area contributed by atoms with Gasteiger partial charge in [0.1, 0.15) is 12.1 Å². The van der Waals surface area contributed by atoms with Gasteiger partial charge < -0.3 is 15.2 Å². The number of pyridine rings is 1. The van der Waals surface area contributed by atoms with Crippen LogP contribution in [0.2, 0.25) is 0 Å². The van der Waals surface area contributed by atoms with Crippen LogP contribution in [0.15, 0.2) is 23.1 Å². The summed E-state index contributed by atoms with van der Waals surface area (Å²) in [5.74, 6) is -0.630. The van der Waals surface area contributed by atoms with Crippen molar-refractivity contribution in [3.8, 4) is 0 Å². The van der Waals surface area contributed by atoms with Crippen LogP contribution in [-0.2, 0) is 24.8 Å². The zero-order valence-corrected chi connectivity index (χ0v) is 18.2. The van der Waals surface area contributed by atoms with Gasteiger partial charge in [-0.05, 0) is 57.7 Å². The first-order valence-electron chi connectivity index (χ1n) is 10.5. The third kappa shape index (κ3) is 4.98. The summed E-state index contributed by atoms with van der Waals surface area (Å²) in [4.78, 5) is 37.7. The van der Waals surface area contributed by atoms with Crippen molar-refractivity contribution in [2.24, 2.45) is 7.05 Å². The number of hydrogen-bond acceptors (Lipinski definition) is 4. The topological polar surface area (TPSA) is 98.0 Å². The summed E-state index contributed by atoms with van der Waals surface area (Å²) < 4.78 is 3.12. The number of aromatic nitrogens is 3. The molecule has 0 aliphatic heterocycles. The van der Waals surface area contributed by atoms with Crippen LogP contribution in [0.1, 0.15) is 59.9 Å². The maximum absolute atomic E-state index is 12.7. The molecule has 2 aromatic heterocycles. The van der Waals surface area contributed by atoms with Gasteiger partial charge in [-0.1, -0.05) is 12.8 Å². The van der Waals surface area contributed by atoms with Crippen molar-refractivity contribution in [2.75, 3.05) is 0 Å². The molecule has 0 spiro atoms. The molecule has 3 rings (SSSR count). The number of aryl methyl sites for hydroxylation is 2. The lowest BCUT2D eigenvalue weighted by molar-refractivity contribution is -0.122. The minimum Gasteiger partial charge on any atom is -0.352 e. The summed E-state index contributed by atoms with van der Waals surface area (Å²) in [6, 6.07) is 3.17. The second-order valence-electron chi connectivity index (χ2n) is 8.26. The van der Waals surface area contributed by atoms with Gasteiger partial charge in [0.2, 0.25) is 5.91 Å². The van der Waals surface area contributed by atoms with Crippen molar-refractivity contribution in [1.29, 1.82) is 0 Å². The van der Waals surface area contributed by atoms with E-state index in [-0.39, 0.29) is 36.0 Å². The number of carbonyl (C=O) groups excluding carboxylic acids is 2. The molecule has 0 saturated heterocycles. The van der Waals surface area contributed by atoms with Gasteiger partial charge in [0.05, 0.1) is 5.69 Å². The van der Waals surface area contributed by atoms with Gasteiger partial charge in [0.25, 0.3) is 11.5 Å². The quantitative estimate of drug-likeness (QED) is 0.721. The summed E-state index contributed by atoms with van der Waals surface area (Å²) in [6.07, 6.45) is 6.29. The maximum atomic E-state index is 12.7. The van der Waals surface area contributed by atoms with Crippen molar-refractivity contribution in [3.63, 3.8) is 0 Å². The van der Waals surface area contributed by atoms with Crippen LogP contribution in [0.25, 0.3) is 0 Å². The Morgan fingerprint density at radius 2 is 1.97 bits per heavy atom. The maximum Gasteiger partial charge on any atom is 0.263 e. The molecule has 2 amide bonds. The average Bonchev–Trinajstić information content (AvgIpc) is 3.27. The van der Waals surface area contributed by atoms with Crippen LogP contribution in [-0.4, -0.2) is 38.2 Å². The van der Waals surface area contributed by atoms with Gasteiger partial charge in [0.15, 0.2) is 0 Å². The first-order valence-corrected chi connectivity index (χ1v) is 10.5. The van der Waals surface area contributed by atoms with E-state index in [2.05, 4.69) is 15.7 Å². The van der Waals surface area contributed by atoms with Gasteiger partial charge >= 0.3 is 0 Å². The van der Waals surface area contributed by atoms with E-state index in [0.29, 0.717) is 6.42 Å². The zero-order valence-electron chi connectivity index (χ0n) is 18.2. The van der Waals surface area contributed by atoms with E-state index in [1.807, 2.05) is 32.5 Å². The Balaban J connectivity index is 1.62. The van der Waals surface area contributed by atoms with Gasteiger partial charge in [-0.15, -0.1) is 0 Å². The summed E-state index contributed by atoms with van der Waals surface area (Å²) >= 11 is 0. The monoisotopic (exact) mass is 413 g/mol. The molecule has 1 fully saturated rings. The number of nitrogens with one attached hydrogen (secondary N) is 2. The summed E-state index contributed by atoms with van der Waals surface area (Å²) in [7, 11) is 1.90. The van der Waals surface area contributed by atoms with Gasteiger partial charge in [-0.3, -0.25) is 19.1 Å². The highest BCUT2D eigenvalue weighted by Gasteiger charge is 2.21. The minimum absolute atomic E-state index is 0.0758. The van der Waals surface area contributed by atoms with Crippen LogP contribution in [0.3, 0.4) is 0 Å². The Labute approximate surface area is 176 Å². The molecule has 0 aromatic carbocycles. The van der Waals surface area contributed by atoms with Crippen molar-refractivity contribution in [1.82, 2.24) is 25.0 Å². The first kappa shape index (κ1) is 21.8. The molecule has 2 aromatic rings. The molecule has 1 saturated carbocycles. The lowest BCUT2D eigenvalue weighted by atomic mass is 10.1. The molecule has 8 nitrogen and oxygen atoms in total. The number of hydrogen-bond donors (Lipinski definition) is 2. The molecule has 1 atom stereocenters. The Bertz CT molecular complexity index is 985. The molecule has 1 aliphatic carbocycles. The van der Waals surface area contributed by atoms with Crippen LogP contribution in [0, 0.1) is 13.8 Å². The second-order valence-corrected chi connectivity index (χ2v) is 8.26. The number of rotatable bonds is 7. The highest BCUT2D eigenvalue weighted by molar-refractivity contribution is 5.94. The molecular weight excluding hydrogens is 382 g/mol. The van der Waals surface area contributed by atoms with Crippen LogP contribution in [0.4, 0.5) is 0 Å². The first-order chi connectivity index (χ1) is 14.3. The lowest BCUT2D eigenvalue weighted by Crippen LogP contribution is -2.41. The van der Waals surface area contributed by atoms with Crippen molar-refractivity contribution < 1.29 is 9.59 Å². The molecule has 30 heavy (non-hydrogen) atoms. The van der Waals surface area contributed by atoms with E-state index in [1.54, 1.807) is 6.07 Å². The number of nitrogens with zero attached hydrogens (tertiary/aromatic N) is 3. The summed E-state index contributed by atoms with van der Waals surface area (Å²) in [5.41, 5.74) is 2.77. The Morgan fingerprint density at radius 3 is 2.60 bits per heavy atom. The van der Waals surface area contributed by atoms with E-state index < -0.39 is 5.56 Å². The van der Waals surface area contributed by atoms with Gasteiger partial charge in [0, 0.05) is 31.0 Å². The molecule has 162 valence electrons. The van der Waals surface area contributed by atoms with E-state index in [9.17, 15) is 14.4 Å². The number of amides is 2. The van der Waals surface area contributed by atoms with Crippen LogP contribution >= 0.6 is 0 Å². The Hall–Kier alpha value is -2.90. The molecule has 1 aliphatic rings. The van der Waals surface area contributed by atoms with Crippen LogP contribution < -0.4 is 16.2 Å². The normalized spacial score (nSPS) is 15.2. The molecule has 0 radical (unpaired) electrons. The minimum atomic E-state index is -0.449. The predicted octanol–water partition coefficient (Wildman–Crippen LogP) is 1.62. The molecule has 2 heterocycles. The third-order valence-electron chi connectivity index (χ3n) is 5.85. The summed E-state index contributed by atoms with van der Waals surface area (Å²) in [6.45, 7) is 5.76. The highest BCUT2D eigenvalue weighted by Crippen LogP contribution is 2.18. The average molecular weight is 414 g/mol. The fourth-order valence-corrected chi connectivity index (χ4v) is 4.11. The fraction of sp³-hybridized carbons (Fsp3) is 0.545. The molecule has 2 N–H and O–H groups in total. The highest BCUT2D eigenvalue weighted by atomic mass is 16.2. The fourth-order valence-electron chi connectivity index (χ4n) is 4.11. The van der Waals surface area contributed by atoms with E-state index in [0.717, 1.165) is 42.6 Å². The van der Waals surface area contributed by atoms with E-state index >= 15 is 0 Å². The molecular formula is C22H31N5O3.